The molecule has 0 bridgehead atoms. The zero-order valence-electron chi connectivity index (χ0n) is 9.85. The Labute approximate surface area is 112 Å². The predicted octanol–water partition coefficient (Wildman–Crippen LogP) is -0.142. The summed E-state index contributed by atoms with van der Waals surface area (Å²) in [6.45, 7) is 1.71. The van der Waals surface area contributed by atoms with Gasteiger partial charge in [-0.15, -0.1) is 0 Å². The number of halogens is 1. The van der Waals surface area contributed by atoms with Gasteiger partial charge in [-0.1, -0.05) is 0 Å². The molecule has 2 aromatic rings. The van der Waals surface area contributed by atoms with Crippen molar-refractivity contribution in [2.24, 2.45) is 0 Å². The smallest absolute Gasteiger partial charge is 0.249 e. The third-order valence-electron chi connectivity index (χ3n) is 2.96. The van der Waals surface area contributed by atoms with Crippen LogP contribution in [0.25, 0.3) is 11.0 Å². The highest BCUT2D eigenvalue weighted by molar-refractivity contribution is 6.28. The molecule has 19 heavy (non-hydrogen) atoms. The van der Waals surface area contributed by atoms with Gasteiger partial charge in [-0.05, 0) is 18.5 Å². The maximum Gasteiger partial charge on any atom is 0.249 e. The topological polar surface area (TPSA) is 104 Å². The number of anilines is 1. The van der Waals surface area contributed by atoms with Crippen molar-refractivity contribution < 1.29 is 9.59 Å². The monoisotopic (exact) mass is 280 g/mol. The number of carbonyl (C=O) groups excluding carboxylic acids is 2. The van der Waals surface area contributed by atoms with E-state index >= 15 is 0 Å². The summed E-state index contributed by atoms with van der Waals surface area (Å²) in [4.78, 5) is 32.8. The fourth-order valence-corrected chi connectivity index (χ4v) is 2.15. The van der Waals surface area contributed by atoms with E-state index in [1.807, 2.05) is 0 Å². The number of amides is 2. The van der Waals surface area contributed by atoms with Crippen LogP contribution >= 0.6 is 11.6 Å². The second-order valence-corrected chi connectivity index (χ2v) is 4.50. The lowest BCUT2D eigenvalue weighted by atomic mass is 10.2. The zero-order valence-corrected chi connectivity index (χ0v) is 10.6. The lowest BCUT2D eigenvalue weighted by Gasteiger charge is -2.32. The zero-order chi connectivity index (χ0) is 13.6. The van der Waals surface area contributed by atoms with Crippen molar-refractivity contribution in [3.8, 4) is 0 Å². The van der Waals surface area contributed by atoms with E-state index in [2.05, 4.69) is 25.5 Å². The fourth-order valence-electron chi connectivity index (χ4n) is 1.98. The van der Waals surface area contributed by atoms with E-state index in [4.69, 9.17) is 11.6 Å². The second-order valence-electron chi connectivity index (χ2n) is 4.16. The van der Waals surface area contributed by atoms with Crippen molar-refractivity contribution in [3.63, 3.8) is 0 Å². The van der Waals surface area contributed by atoms with Crippen LogP contribution < -0.4 is 10.2 Å². The van der Waals surface area contributed by atoms with Crippen LogP contribution in [0.1, 0.15) is 6.92 Å². The molecular weight excluding hydrogens is 272 g/mol. The van der Waals surface area contributed by atoms with Crippen molar-refractivity contribution in [1.82, 2.24) is 25.5 Å². The molecule has 1 unspecified atom stereocenters. The molecule has 0 aromatic carbocycles. The molecule has 0 spiro atoms. The third-order valence-corrected chi connectivity index (χ3v) is 3.13. The minimum Gasteiger partial charge on any atom is -0.335 e. The van der Waals surface area contributed by atoms with Crippen molar-refractivity contribution in [3.05, 3.63) is 11.5 Å². The Balaban J connectivity index is 2.14. The molecule has 0 saturated carbocycles. The van der Waals surface area contributed by atoms with E-state index in [1.54, 1.807) is 11.8 Å². The summed E-state index contributed by atoms with van der Waals surface area (Å²) in [5.41, 5.74) is 0.459. The summed E-state index contributed by atoms with van der Waals surface area (Å²) < 4.78 is 0. The Morgan fingerprint density at radius 3 is 3.00 bits per heavy atom. The van der Waals surface area contributed by atoms with Gasteiger partial charge in [0.05, 0.1) is 18.1 Å². The van der Waals surface area contributed by atoms with Crippen molar-refractivity contribution in [2.45, 2.75) is 13.0 Å². The second kappa shape index (κ2) is 4.16. The number of nitrogens with zero attached hydrogens (tertiary/aromatic N) is 4. The van der Waals surface area contributed by atoms with Gasteiger partial charge in [0.25, 0.3) is 0 Å². The molecule has 2 aromatic heterocycles. The first kappa shape index (κ1) is 11.8. The van der Waals surface area contributed by atoms with E-state index < -0.39 is 6.04 Å². The predicted molar refractivity (Wildman–Crippen MR) is 66.7 cm³/mol. The number of aromatic nitrogens is 4. The Morgan fingerprint density at radius 1 is 1.42 bits per heavy atom. The molecule has 1 saturated heterocycles. The molecule has 2 N–H and O–H groups in total. The van der Waals surface area contributed by atoms with Gasteiger partial charge in [0.15, 0.2) is 5.65 Å². The number of hydrogen-bond acceptors (Lipinski definition) is 6. The van der Waals surface area contributed by atoms with Gasteiger partial charge >= 0.3 is 0 Å². The summed E-state index contributed by atoms with van der Waals surface area (Å²) in [7, 11) is 0. The number of aromatic amines is 1. The molecule has 3 rings (SSSR count). The van der Waals surface area contributed by atoms with Crippen LogP contribution in [-0.4, -0.2) is 44.6 Å². The van der Waals surface area contributed by atoms with Crippen LogP contribution in [-0.2, 0) is 9.59 Å². The molecule has 98 valence electrons. The molecule has 1 fully saturated rings. The number of imide groups is 1. The Hall–Kier alpha value is -2.22. The quantitative estimate of drug-likeness (QED) is 0.556. The van der Waals surface area contributed by atoms with Crippen LogP contribution in [0.4, 0.5) is 5.82 Å². The van der Waals surface area contributed by atoms with Crippen LogP contribution in [0.3, 0.4) is 0 Å². The fraction of sp³-hybridized carbons (Fsp3) is 0.300. The van der Waals surface area contributed by atoms with Gasteiger partial charge in [0.1, 0.15) is 11.9 Å². The highest BCUT2D eigenvalue weighted by atomic mass is 35.5. The first-order valence-corrected chi connectivity index (χ1v) is 5.91. The van der Waals surface area contributed by atoms with Crippen LogP contribution in [0.15, 0.2) is 6.20 Å². The highest BCUT2D eigenvalue weighted by Gasteiger charge is 2.32. The van der Waals surface area contributed by atoms with Crippen LogP contribution in [0.5, 0.6) is 0 Å². The lowest BCUT2D eigenvalue weighted by molar-refractivity contribution is -0.132. The van der Waals surface area contributed by atoms with Gasteiger partial charge in [-0.2, -0.15) is 15.1 Å². The SMILES string of the molecule is CC1C(=O)NC(=O)CN1c1nc(Cl)nc2[nH]ncc12. The molecule has 3 heterocycles. The van der Waals surface area contributed by atoms with Crippen molar-refractivity contribution in [2.75, 3.05) is 11.4 Å². The Bertz CT molecular complexity index is 684. The van der Waals surface area contributed by atoms with E-state index in [0.717, 1.165) is 0 Å². The van der Waals surface area contributed by atoms with E-state index in [0.29, 0.717) is 16.9 Å². The maximum absolute atomic E-state index is 11.7. The number of piperazine rings is 1. The summed E-state index contributed by atoms with van der Waals surface area (Å²) in [5.74, 6) is -0.337. The molecule has 1 aliphatic heterocycles. The standard InChI is InChI=1S/C10H9ClN6O2/c1-4-9(19)13-6(18)3-17(4)8-5-2-12-16-7(5)14-10(11)15-8/h2,4H,3H2,1H3,(H,13,18,19)(H,12,14,15,16). The summed E-state index contributed by atoms with van der Waals surface area (Å²) in [6.07, 6.45) is 1.53. The van der Waals surface area contributed by atoms with Gasteiger partial charge in [-0.3, -0.25) is 20.0 Å². The molecule has 2 amide bonds. The molecular formula is C10H9ClN6O2. The Kier molecular flexibility index (Phi) is 2.59. The minimum atomic E-state index is -0.526. The average Bonchev–Trinajstić information content (AvgIpc) is 2.80. The summed E-state index contributed by atoms with van der Waals surface area (Å²) in [6, 6.07) is -0.526. The number of nitrogens with one attached hydrogen (secondary N) is 2. The lowest BCUT2D eigenvalue weighted by Crippen LogP contribution is -2.57. The number of rotatable bonds is 1. The van der Waals surface area contributed by atoms with Gasteiger partial charge < -0.3 is 4.90 Å². The van der Waals surface area contributed by atoms with Crippen LogP contribution in [0.2, 0.25) is 5.28 Å². The number of hydrogen-bond donors (Lipinski definition) is 2. The van der Waals surface area contributed by atoms with E-state index in [1.165, 1.54) is 6.20 Å². The molecule has 1 aliphatic rings. The Morgan fingerprint density at radius 2 is 2.21 bits per heavy atom. The molecule has 8 nitrogen and oxygen atoms in total. The van der Waals surface area contributed by atoms with Crippen LogP contribution in [0, 0.1) is 0 Å². The van der Waals surface area contributed by atoms with Gasteiger partial charge in [-0.25, -0.2) is 0 Å². The minimum absolute atomic E-state index is 0.0254. The number of H-pyrrole nitrogens is 1. The van der Waals surface area contributed by atoms with Crippen molar-refractivity contribution in [1.29, 1.82) is 0 Å². The number of fused-ring (bicyclic) bond motifs is 1. The van der Waals surface area contributed by atoms with Crippen molar-refractivity contribution >= 4 is 40.3 Å². The number of carbonyl (C=O) groups is 2. The highest BCUT2D eigenvalue weighted by Crippen LogP contribution is 2.26. The van der Waals surface area contributed by atoms with Gasteiger partial charge in [0.2, 0.25) is 17.1 Å². The molecule has 9 heteroatoms. The largest absolute Gasteiger partial charge is 0.335 e. The summed E-state index contributed by atoms with van der Waals surface area (Å²) in [5, 5.41) is 9.44. The molecule has 0 aliphatic carbocycles. The molecule has 0 radical (unpaired) electrons. The molecule has 1 atom stereocenters. The van der Waals surface area contributed by atoms with E-state index in [-0.39, 0.29) is 23.6 Å². The van der Waals surface area contributed by atoms with Gasteiger partial charge in [0, 0.05) is 0 Å². The van der Waals surface area contributed by atoms with E-state index in [9.17, 15) is 9.59 Å². The maximum atomic E-state index is 11.7. The third kappa shape index (κ3) is 1.89. The summed E-state index contributed by atoms with van der Waals surface area (Å²) >= 11 is 5.84. The normalized spacial score (nSPS) is 19.9. The average molecular weight is 281 g/mol. The first-order chi connectivity index (χ1) is 9.06. The first-order valence-electron chi connectivity index (χ1n) is 5.53.